The summed E-state index contributed by atoms with van der Waals surface area (Å²) in [6, 6.07) is 17.9. The summed E-state index contributed by atoms with van der Waals surface area (Å²) in [5.41, 5.74) is 6.49. The smallest absolute Gasteiger partial charge is 0.410 e. The van der Waals surface area contributed by atoms with Crippen LogP contribution in [-0.4, -0.2) is 63.3 Å². The van der Waals surface area contributed by atoms with Crippen LogP contribution in [-0.2, 0) is 11.3 Å². The van der Waals surface area contributed by atoms with Crippen LogP contribution in [0.15, 0.2) is 54.0 Å². The number of carbonyl (C=O) groups is 1. The van der Waals surface area contributed by atoms with Gasteiger partial charge in [-0.25, -0.2) is 19.7 Å². The predicted molar refractivity (Wildman–Crippen MR) is 174 cm³/mol. The van der Waals surface area contributed by atoms with Gasteiger partial charge in [-0.15, -0.1) is 11.3 Å². The minimum Gasteiger partial charge on any atom is -0.444 e. The molecular weight excluding hydrogens is 558 g/mol. The molecule has 0 saturated carbocycles. The number of likely N-dealkylation sites (tertiary alicyclic amines) is 1. The fourth-order valence-electron chi connectivity index (χ4n) is 5.87. The molecule has 2 N–H and O–H groups in total. The lowest BCUT2D eigenvalue weighted by atomic mass is 10.0. The van der Waals surface area contributed by atoms with Gasteiger partial charge < -0.3 is 25.2 Å². The highest BCUT2D eigenvalue weighted by atomic mass is 32.1. The molecule has 2 saturated heterocycles. The number of anilines is 3. The maximum absolute atomic E-state index is 12.4. The number of hydrogen-bond acceptors (Lipinski definition) is 9. The summed E-state index contributed by atoms with van der Waals surface area (Å²) in [6.45, 7) is 11.2. The number of nitrogens with zero attached hydrogens (tertiary/aromatic N) is 5. The van der Waals surface area contributed by atoms with Crippen LogP contribution in [0.2, 0.25) is 0 Å². The van der Waals surface area contributed by atoms with Crippen molar-refractivity contribution in [3.05, 3.63) is 59.6 Å². The molecule has 2 aliphatic rings. The van der Waals surface area contributed by atoms with E-state index >= 15 is 0 Å². The highest BCUT2D eigenvalue weighted by Crippen LogP contribution is 2.32. The van der Waals surface area contributed by atoms with Gasteiger partial charge in [-0.3, -0.25) is 0 Å². The van der Waals surface area contributed by atoms with Crippen LogP contribution in [0.25, 0.3) is 21.7 Å². The molecule has 0 radical (unpaired) electrons. The summed E-state index contributed by atoms with van der Waals surface area (Å²) < 4.78 is 5.54. The predicted octanol–water partition coefficient (Wildman–Crippen LogP) is 6.97. The molecule has 4 heterocycles. The Morgan fingerprint density at radius 2 is 1.86 bits per heavy atom. The number of rotatable bonds is 7. The van der Waals surface area contributed by atoms with Crippen LogP contribution in [0.1, 0.15) is 58.9 Å². The summed E-state index contributed by atoms with van der Waals surface area (Å²) >= 11 is 1.52. The van der Waals surface area contributed by atoms with Crippen LogP contribution in [0.4, 0.5) is 22.0 Å². The number of ether oxygens (including phenoxy) is 1. The van der Waals surface area contributed by atoms with E-state index in [0.29, 0.717) is 36.8 Å². The maximum Gasteiger partial charge on any atom is 0.410 e. The zero-order valence-electron chi connectivity index (χ0n) is 25.5. The number of fused-ring (bicyclic) bond motifs is 1. The molecule has 0 bridgehead atoms. The van der Waals surface area contributed by atoms with Gasteiger partial charge in [-0.05, 0) is 83.2 Å². The van der Waals surface area contributed by atoms with E-state index in [2.05, 4.69) is 76.0 Å². The number of amides is 1. The highest BCUT2D eigenvalue weighted by molar-refractivity contribution is 7.16. The van der Waals surface area contributed by atoms with Crippen molar-refractivity contribution in [1.82, 2.24) is 25.2 Å². The highest BCUT2D eigenvalue weighted by Gasteiger charge is 2.27. The van der Waals surface area contributed by atoms with Crippen LogP contribution in [0, 0.1) is 0 Å². The number of nitrogens with one attached hydrogen (secondary N) is 2. The molecule has 2 fully saturated rings. The zero-order valence-corrected chi connectivity index (χ0v) is 26.3. The molecule has 4 aromatic rings. The summed E-state index contributed by atoms with van der Waals surface area (Å²) in [7, 11) is 0. The summed E-state index contributed by atoms with van der Waals surface area (Å²) in [6.07, 6.45) is 4.04. The van der Waals surface area contributed by atoms with Gasteiger partial charge in [0.2, 0.25) is 0 Å². The number of hydrogen-bond donors (Lipinski definition) is 2. The Kier molecular flexibility index (Phi) is 8.50. The first-order chi connectivity index (χ1) is 20.7. The number of benzene rings is 2. The van der Waals surface area contributed by atoms with E-state index < -0.39 is 5.60 Å². The molecule has 1 unspecified atom stereocenters. The average Bonchev–Trinajstić information content (AvgIpc) is 3.65. The van der Waals surface area contributed by atoms with Gasteiger partial charge in [0.1, 0.15) is 15.9 Å². The third-order valence-electron chi connectivity index (χ3n) is 8.12. The Morgan fingerprint density at radius 3 is 2.63 bits per heavy atom. The second-order valence-electron chi connectivity index (χ2n) is 12.6. The van der Waals surface area contributed by atoms with Crippen molar-refractivity contribution in [3.8, 4) is 11.4 Å². The topological polar surface area (TPSA) is 95.5 Å². The minimum atomic E-state index is -0.473. The Balaban J connectivity index is 1.13. The van der Waals surface area contributed by atoms with Gasteiger partial charge in [-0.2, -0.15) is 0 Å². The van der Waals surface area contributed by atoms with Crippen molar-refractivity contribution >= 4 is 45.0 Å². The Labute approximate surface area is 257 Å². The Morgan fingerprint density at radius 1 is 1.05 bits per heavy atom. The van der Waals surface area contributed by atoms with Gasteiger partial charge in [-0.1, -0.05) is 24.3 Å². The van der Waals surface area contributed by atoms with Crippen LogP contribution in [0.5, 0.6) is 0 Å². The molecular formula is C33H41N7O2S. The van der Waals surface area contributed by atoms with Gasteiger partial charge in [0.25, 0.3) is 0 Å². The normalized spacial score (nSPS) is 17.9. The van der Waals surface area contributed by atoms with E-state index in [9.17, 15) is 4.79 Å². The number of piperidine rings is 1. The van der Waals surface area contributed by atoms with E-state index in [1.165, 1.54) is 35.4 Å². The zero-order chi connectivity index (χ0) is 30.0. The summed E-state index contributed by atoms with van der Waals surface area (Å²) in [5.74, 6) is 1.39. The SMILES string of the molecule is CC1CCCN1c1cccc(Nc2nc(-c3cccc(CNC4CCN(C(=O)OC(C)(C)C)CC4)c3)nc3scnc23)c1. The van der Waals surface area contributed by atoms with Crippen molar-refractivity contribution in [2.75, 3.05) is 29.9 Å². The van der Waals surface area contributed by atoms with E-state index in [1.807, 2.05) is 31.2 Å². The molecule has 2 aromatic heterocycles. The van der Waals surface area contributed by atoms with E-state index in [0.717, 1.165) is 47.5 Å². The van der Waals surface area contributed by atoms with E-state index in [1.54, 1.807) is 0 Å². The van der Waals surface area contributed by atoms with Crippen molar-refractivity contribution in [3.63, 3.8) is 0 Å². The van der Waals surface area contributed by atoms with Crippen molar-refractivity contribution in [2.24, 2.45) is 0 Å². The van der Waals surface area contributed by atoms with Crippen molar-refractivity contribution in [1.29, 1.82) is 0 Å². The maximum atomic E-state index is 12.4. The minimum absolute atomic E-state index is 0.223. The molecule has 43 heavy (non-hydrogen) atoms. The quantitative estimate of drug-likeness (QED) is 0.235. The fraction of sp³-hybridized carbons (Fsp3) is 0.455. The molecule has 2 aromatic carbocycles. The van der Waals surface area contributed by atoms with Crippen molar-refractivity contribution in [2.45, 2.75) is 77.6 Å². The average molecular weight is 600 g/mol. The monoisotopic (exact) mass is 599 g/mol. The fourth-order valence-corrected chi connectivity index (χ4v) is 6.53. The number of carbonyl (C=O) groups excluding carboxylic acids is 1. The van der Waals surface area contributed by atoms with Gasteiger partial charge in [0.15, 0.2) is 11.6 Å². The van der Waals surface area contributed by atoms with E-state index in [-0.39, 0.29) is 6.09 Å². The lowest BCUT2D eigenvalue weighted by molar-refractivity contribution is 0.0198. The molecule has 9 nitrogen and oxygen atoms in total. The third-order valence-corrected chi connectivity index (χ3v) is 8.84. The van der Waals surface area contributed by atoms with Crippen molar-refractivity contribution < 1.29 is 9.53 Å². The van der Waals surface area contributed by atoms with Gasteiger partial charge in [0.05, 0.1) is 5.51 Å². The first kappa shape index (κ1) is 29.3. The van der Waals surface area contributed by atoms with Crippen LogP contribution < -0.4 is 15.5 Å². The molecule has 0 aliphatic carbocycles. The molecule has 1 atom stereocenters. The third kappa shape index (κ3) is 7.08. The molecule has 6 rings (SSSR count). The Bertz CT molecular complexity index is 1580. The number of aromatic nitrogens is 3. The standard InChI is InChI=1S/C33H41N7O2S/c1-22-8-7-15-40(22)27-12-6-11-26(19-27)36-30-28-31(43-21-35-28)38-29(37-30)24-10-5-9-23(18-24)20-34-25-13-16-39(17-14-25)32(41)42-33(2,3)4/h5-6,9-12,18-19,21-22,25,34H,7-8,13-17,20H2,1-4H3,(H,36,37,38). The first-order valence-electron chi connectivity index (χ1n) is 15.3. The Hall–Kier alpha value is -3.76. The lowest BCUT2D eigenvalue weighted by Gasteiger charge is -2.33. The molecule has 10 heteroatoms. The molecule has 0 spiro atoms. The lowest BCUT2D eigenvalue weighted by Crippen LogP contribution is -2.46. The van der Waals surface area contributed by atoms with Gasteiger partial charge >= 0.3 is 6.09 Å². The summed E-state index contributed by atoms with van der Waals surface area (Å²) in [4.78, 5) is 31.9. The molecule has 1 amide bonds. The second-order valence-corrected chi connectivity index (χ2v) is 13.4. The number of thiazole rings is 1. The molecule has 226 valence electrons. The van der Waals surface area contributed by atoms with E-state index in [4.69, 9.17) is 14.7 Å². The van der Waals surface area contributed by atoms with Gasteiger partial charge in [0, 0.05) is 55.2 Å². The van der Waals surface area contributed by atoms with Crippen LogP contribution >= 0.6 is 11.3 Å². The first-order valence-corrected chi connectivity index (χ1v) is 16.2. The largest absolute Gasteiger partial charge is 0.444 e. The molecule has 2 aliphatic heterocycles. The van der Waals surface area contributed by atoms with Crippen LogP contribution in [0.3, 0.4) is 0 Å². The second kappa shape index (κ2) is 12.5. The summed E-state index contributed by atoms with van der Waals surface area (Å²) in [5, 5.41) is 7.23.